The molecule has 0 amide bonds. The molecular formula is C11H18O2. The summed E-state index contributed by atoms with van der Waals surface area (Å²) in [4.78, 5) is 11.3. The van der Waals surface area contributed by atoms with E-state index in [1.54, 1.807) is 0 Å². The van der Waals surface area contributed by atoms with Gasteiger partial charge >= 0.3 is 5.97 Å². The van der Waals surface area contributed by atoms with Crippen LogP contribution >= 0.6 is 0 Å². The lowest BCUT2D eigenvalue weighted by Crippen LogP contribution is -2.16. The molecule has 0 aliphatic heterocycles. The van der Waals surface area contributed by atoms with Gasteiger partial charge in [-0.3, -0.25) is 0 Å². The molecule has 1 aliphatic carbocycles. The number of rotatable bonds is 3. The highest BCUT2D eigenvalue weighted by molar-refractivity contribution is 5.87. The van der Waals surface area contributed by atoms with E-state index in [0.29, 0.717) is 17.9 Å². The highest BCUT2D eigenvalue weighted by atomic mass is 16.5. The van der Waals surface area contributed by atoms with Crippen molar-refractivity contribution in [2.75, 3.05) is 0 Å². The smallest absolute Gasteiger partial charge is 0.333 e. The van der Waals surface area contributed by atoms with Crippen LogP contribution in [0.2, 0.25) is 0 Å². The number of carbonyl (C=O) groups is 1. The van der Waals surface area contributed by atoms with E-state index in [9.17, 15) is 4.79 Å². The zero-order valence-electron chi connectivity index (χ0n) is 8.51. The normalized spacial score (nSPS) is 27.2. The molecule has 2 unspecified atom stereocenters. The summed E-state index contributed by atoms with van der Waals surface area (Å²) in [5, 5.41) is 0. The molecule has 1 saturated carbocycles. The summed E-state index contributed by atoms with van der Waals surface area (Å²) in [5.41, 5.74) is 0.583. The molecule has 0 bridgehead atoms. The van der Waals surface area contributed by atoms with E-state index in [1.807, 2.05) is 6.92 Å². The molecule has 13 heavy (non-hydrogen) atoms. The van der Waals surface area contributed by atoms with Crippen molar-refractivity contribution in [2.24, 2.45) is 5.92 Å². The maximum absolute atomic E-state index is 11.3. The largest absolute Gasteiger partial charge is 0.459 e. The molecule has 0 radical (unpaired) electrons. The quantitative estimate of drug-likeness (QED) is 0.495. The number of hydrogen-bond donors (Lipinski definition) is 0. The van der Waals surface area contributed by atoms with Crippen LogP contribution in [0.5, 0.6) is 0 Å². The van der Waals surface area contributed by atoms with Gasteiger partial charge < -0.3 is 4.74 Å². The van der Waals surface area contributed by atoms with Crippen molar-refractivity contribution < 1.29 is 9.53 Å². The molecule has 0 spiro atoms. The fourth-order valence-electron chi connectivity index (χ4n) is 1.64. The Hall–Kier alpha value is -0.790. The van der Waals surface area contributed by atoms with E-state index in [0.717, 1.165) is 12.8 Å². The molecule has 2 nitrogen and oxygen atoms in total. The number of ether oxygens (including phenoxy) is 1. The minimum Gasteiger partial charge on any atom is -0.459 e. The Morgan fingerprint density at radius 2 is 2.23 bits per heavy atom. The number of esters is 1. The van der Waals surface area contributed by atoms with Crippen molar-refractivity contribution in [3.05, 3.63) is 12.2 Å². The van der Waals surface area contributed by atoms with Gasteiger partial charge in [-0.1, -0.05) is 20.4 Å². The third kappa shape index (κ3) is 2.87. The molecule has 0 aromatic heterocycles. The third-order valence-electron chi connectivity index (χ3n) is 2.64. The summed E-state index contributed by atoms with van der Waals surface area (Å²) in [6.45, 7) is 7.77. The van der Waals surface area contributed by atoms with Gasteiger partial charge in [0.2, 0.25) is 0 Å². The molecule has 0 saturated heterocycles. The molecule has 1 rings (SSSR count). The van der Waals surface area contributed by atoms with Gasteiger partial charge in [0.15, 0.2) is 0 Å². The Labute approximate surface area is 80.0 Å². The predicted octanol–water partition coefficient (Wildman–Crippen LogP) is 2.68. The standard InChI is InChI=1S/C11H18O2/c1-4-9(3)11(12)13-10-6-5-8(2)7-10/h8,10H,3-7H2,1-2H3. The first-order valence-electron chi connectivity index (χ1n) is 5.02. The summed E-state index contributed by atoms with van der Waals surface area (Å²) in [6.07, 6.45) is 4.04. The monoisotopic (exact) mass is 182 g/mol. The molecular weight excluding hydrogens is 164 g/mol. The first-order valence-corrected chi connectivity index (χ1v) is 5.02. The van der Waals surface area contributed by atoms with Crippen molar-refractivity contribution in [1.29, 1.82) is 0 Å². The Bertz CT molecular complexity index is 208. The summed E-state index contributed by atoms with van der Waals surface area (Å²) >= 11 is 0. The average Bonchev–Trinajstić information content (AvgIpc) is 2.49. The van der Waals surface area contributed by atoms with Crippen LogP contribution in [0.15, 0.2) is 12.2 Å². The van der Waals surface area contributed by atoms with Crippen LogP contribution in [0.3, 0.4) is 0 Å². The van der Waals surface area contributed by atoms with E-state index >= 15 is 0 Å². The fourth-order valence-corrected chi connectivity index (χ4v) is 1.64. The molecule has 0 aromatic rings. The Balaban J connectivity index is 2.32. The van der Waals surface area contributed by atoms with Crippen LogP contribution in [-0.4, -0.2) is 12.1 Å². The lowest BCUT2D eigenvalue weighted by atomic mass is 10.1. The van der Waals surface area contributed by atoms with Crippen LogP contribution in [0.4, 0.5) is 0 Å². The second-order valence-electron chi connectivity index (χ2n) is 3.90. The molecule has 74 valence electrons. The summed E-state index contributed by atoms with van der Waals surface area (Å²) in [7, 11) is 0. The van der Waals surface area contributed by atoms with Crippen LogP contribution in [0.1, 0.15) is 39.5 Å². The predicted molar refractivity (Wildman–Crippen MR) is 52.3 cm³/mol. The Morgan fingerprint density at radius 3 is 2.69 bits per heavy atom. The van der Waals surface area contributed by atoms with Crippen LogP contribution in [0.25, 0.3) is 0 Å². The van der Waals surface area contributed by atoms with Gasteiger partial charge in [0, 0.05) is 5.57 Å². The van der Waals surface area contributed by atoms with Gasteiger partial charge in [0.25, 0.3) is 0 Å². The van der Waals surface area contributed by atoms with E-state index < -0.39 is 0 Å². The second-order valence-corrected chi connectivity index (χ2v) is 3.90. The first kappa shape index (κ1) is 10.3. The average molecular weight is 182 g/mol. The van der Waals surface area contributed by atoms with Gasteiger partial charge in [-0.25, -0.2) is 4.79 Å². The molecule has 1 aliphatic rings. The lowest BCUT2D eigenvalue weighted by Gasteiger charge is -2.12. The topological polar surface area (TPSA) is 26.3 Å². The lowest BCUT2D eigenvalue weighted by molar-refractivity contribution is -0.144. The van der Waals surface area contributed by atoms with Gasteiger partial charge in [0.1, 0.15) is 6.10 Å². The molecule has 2 atom stereocenters. The minimum atomic E-state index is -0.207. The van der Waals surface area contributed by atoms with E-state index in [1.165, 1.54) is 6.42 Å². The molecule has 0 heterocycles. The van der Waals surface area contributed by atoms with Crippen LogP contribution in [0, 0.1) is 5.92 Å². The number of carbonyl (C=O) groups excluding carboxylic acids is 1. The molecule has 0 aromatic carbocycles. The SMILES string of the molecule is C=C(CC)C(=O)OC1CCC(C)C1. The minimum absolute atomic E-state index is 0.144. The zero-order valence-corrected chi connectivity index (χ0v) is 8.51. The Morgan fingerprint density at radius 1 is 1.54 bits per heavy atom. The summed E-state index contributed by atoms with van der Waals surface area (Å²) in [5.74, 6) is 0.495. The van der Waals surface area contributed by atoms with Crippen LogP contribution in [-0.2, 0) is 9.53 Å². The van der Waals surface area contributed by atoms with Crippen molar-refractivity contribution in [3.63, 3.8) is 0 Å². The van der Waals surface area contributed by atoms with Crippen molar-refractivity contribution in [3.8, 4) is 0 Å². The fraction of sp³-hybridized carbons (Fsp3) is 0.727. The van der Waals surface area contributed by atoms with Gasteiger partial charge in [-0.2, -0.15) is 0 Å². The second kappa shape index (κ2) is 4.45. The Kier molecular flexibility index (Phi) is 3.52. The van der Waals surface area contributed by atoms with Gasteiger partial charge in [-0.05, 0) is 31.6 Å². The zero-order chi connectivity index (χ0) is 9.84. The maximum Gasteiger partial charge on any atom is 0.333 e. The van der Waals surface area contributed by atoms with E-state index in [-0.39, 0.29) is 12.1 Å². The molecule has 1 fully saturated rings. The third-order valence-corrected chi connectivity index (χ3v) is 2.64. The van der Waals surface area contributed by atoms with E-state index in [4.69, 9.17) is 4.74 Å². The van der Waals surface area contributed by atoms with Crippen molar-refractivity contribution >= 4 is 5.97 Å². The van der Waals surface area contributed by atoms with Crippen LogP contribution < -0.4 is 0 Å². The van der Waals surface area contributed by atoms with Gasteiger partial charge in [0.05, 0.1) is 0 Å². The van der Waals surface area contributed by atoms with E-state index in [2.05, 4.69) is 13.5 Å². The molecule has 2 heteroatoms. The first-order chi connectivity index (χ1) is 6.13. The highest BCUT2D eigenvalue weighted by Crippen LogP contribution is 2.27. The van der Waals surface area contributed by atoms with Gasteiger partial charge in [-0.15, -0.1) is 0 Å². The summed E-state index contributed by atoms with van der Waals surface area (Å²) in [6, 6.07) is 0. The molecule has 0 N–H and O–H groups in total. The van der Waals surface area contributed by atoms with Crippen molar-refractivity contribution in [1.82, 2.24) is 0 Å². The summed E-state index contributed by atoms with van der Waals surface area (Å²) < 4.78 is 5.30. The van der Waals surface area contributed by atoms with Crippen molar-refractivity contribution in [2.45, 2.75) is 45.6 Å². The number of hydrogen-bond acceptors (Lipinski definition) is 2. The maximum atomic E-state index is 11.3. The highest BCUT2D eigenvalue weighted by Gasteiger charge is 2.24.